The molecule has 2 heterocycles. The van der Waals surface area contributed by atoms with Crippen molar-refractivity contribution in [1.29, 1.82) is 5.26 Å². The van der Waals surface area contributed by atoms with Crippen molar-refractivity contribution in [1.82, 2.24) is 15.0 Å². The number of nitrogens with zero attached hydrogens (tertiary/aromatic N) is 4. The second-order valence-electron chi connectivity index (χ2n) is 8.77. The van der Waals surface area contributed by atoms with Crippen LogP contribution in [0.5, 0.6) is 0 Å². The number of hydrogen-bond acceptors (Lipinski definition) is 8. The Morgan fingerprint density at radius 1 is 1.14 bits per heavy atom. The Balaban J connectivity index is 1.45. The standard InChI is InChI=1S/C26H28N6O3S2/c1-3-23(36-25-19(16-27)15-18-7-5-4-6-8-22(18)31-25)24(33)30-20-9-11-21(12-10-20)37(34,35)32-26-28-14-13-17(2)29-26/h9-15,23H,3-8H2,1-2H3,(H,30,33)(H,28,29,32). The molecule has 0 aliphatic heterocycles. The first-order valence-corrected chi connectivity index (χ1v) is 14.5. The molecule has 0 spiro atoms. The lowest BCUT2D eigenvalue weighted by Crippen LogP contribution is -2.25. The molecule has 37 heavy (non-hydrogen) atoms. The van der Waals surface area contributed by atoms with Gasteiger partial charge in [-0.2, -0.15) is 5.26 Å². The fourth-order valence-electron chi connectivity index (χ4n) is 4.04. The molecule has 1 atom stereocenters. The third kappa shape index (κ3) is 6.64. The van der Waals surface area contributed by atoms with E-state index in [0.29, 0.717) is 28.4 Å². The molecule has 192 valence electrons. The number of sulfonamides is 1. The minimum atomic E-state index is -3.89. The third-order valence-corrected chi connectivity index (χ3v) is 8.72. The maximum absolute atomic E-state index is 13.1. The topological polar surface area (TPSA) is 138 Å². The van der Waals surface area contributed by atoms with Crippen LogP contribution < -0.4 is 10.0 Å². The average Bonchev–Trinajstić information content (AvgIpc) is 3.11. The molecular formula is C26H28N6O3S2. The average molecular weight is 537 g/mol. The van der Waals surface area contributed by atoms with E-state index in [1.165, 1.54) is 42.2 Å². The fourth-order valence-corrected chi connectivity index (χ4v) is 5.98. The summed E-state index contributed by atoms with van der Waals surface area (Å²) in [6.07, 6.45) is 7.15. The highest BCUT2D eigenvalue weighted by Gasteiger charge is 2.23. The maximum atomic E-state index is 13.1. The number of nitriles is 1. The van der Waals surface area contributed by atoms with Gasteiger partial charge in [0.15, 0.2) is 0 Å². The number of fused-ring (bicyclic) bond motifs is 1. The lowest BCUT2D eigenvalue weighted by Gasteiger charge is -2.16. The summed E-state index contributed by atoms with van der Waals surface area (Å²) in [6, 6.07) is 11.7. The first-order chi connectivity index (χ1) is 17.8. The minimum absolute atomic E-state index is 0.0108. The molecule has 4 rings (SSSR count). The van der Waals surface area contributed by atoms with Crippen molar-refractivity contribution in [3.63, 3.8) is 0 Å². The molecule has 2 aromatic heterocycles. The monoisotopic (exact) mass is 536 g/mol. The Hall–Kier alpha value is -3.49. The molecule has 0 radical (unpaired) electrons. The molecule has 0 saturated heterocycles. The van der Waals surface area contributed by atoms with E-state index >= 15 is 0 Å². The lowest BCUT2D eigenvalue weighted by molar-refractivity contribution is -0.115. The molecule has 1 aliphatic carbocycles. The minimum Gasteiger partial charge on any atom is -0.325 e. The number of hydrogen-bond donors (Lipinski definition) is 2. The zero-order valence-electron chi connectivity index (χ0n) is 20.7. The van der Waals surface area contributed by atoms with Crippen molar-refractivity contribution in [2.24, 2.45) is 0 Å². The van der Waals surface area contributed by atoms with Crippen LogP contribution in [-0.2, 0) is 27.7 Å². The Bertz CT molecular complexity index is 1440. The molecule has 11 heteroatoms. The highest BCUT2D eigenvalue weighted by Crippen LogP contribution is 2.31. The largest absolute Gasteiger partial charge is 0.325 e. The second-order valence-corrected chi connectivity index (χ2v) is 11.6. The van der Waals surface area contributed by atoms with Crippen LogP contribution in [-0.4, -0.2) is 34.5 Å². The van der Waals surface area contributed by atoms with Crippen LogP contribution in [0.3, 0.4) is 0 Å². The van der Waals surface area contributed by atoms with E-state index < -0.39 is 15.3 Å². The fraction of sp³-hybridized carbons (Fsp3) is 0.346. The molecule has 3 aromatic rings. The van der Waals surface area contributed by atoms with Crippen LogP contribution in [0.2, 0.25) is 0 Å². The summed E-state index contributed by atoms with van der Waals surface area (Å²) in [5, 5.41) is 12.6. The normalized spacial score (nSPS) is 14.1. The SMILES string of the molecule is CCC(Sc1nc2c(cc1C#N)CCCCC2)C(=O)Nc1ccc(S(=O)(=O)Nc2nccc(C)n2)cc1. The number of aromatic nitrogens is 3. The van der Waals surface area contributed by atoms with Gasteiger partial charge < -0.3 is 5.32 Å². The second kappa shape index (κ2) is 11.7. The van der Waals surface area contributed by atoms with Gasteiger partial charge in [0.2, 0.25) is 11.9 Å². The van der Waals surface area contributed by atoms with Crippen molar-refractivity contribution in [3.8, 4) is 6.07 Å². The molecule has 0 fully saturated rings. The summed E-state index contributed by atoms with van der Waals surface area (Å²) in [5.41, 5.74) is 3.75. The van der Waals surface area contributed by atoms with Gasteiger partial charge in [-0.25, -0.2) is 28.1 Å². The number of carbonyl (C=O) groups excluding carboxylic acids is 1. The number of pyridine rings is 1. The molecule has 0 bridgehead atoms. The maximum Gasteiger partial charge on any atom is 0.264 e. The van der Waals surface area contributed by atoms with Crippen LogP contribution in [0, 0.1) is 18.3 Å². The molecule has 9 nitrogen and oxygen atoms in total. The van der Waals surface area contributed by atoms with Gasteiger partial charge in [0, 0.05) is 23.3 Å². The summed E-state index contributed by atoms with van der Waals surface area (Å²) < 4.78 is 27.7. The number of benzene rings is 1. The number of thioether (sulfide) groups is 1. The smallest absolute Gasteiger partial charge is 0.264 e. The number of aryl methyl sites for hydroxylation is 3. The molecular weight excluding hydrogens is 508 g/mol. The van der Waals surface area contributed by atoms with E-state index in [2.05, 4.69) is 26.1 Å². The van der Waals surface area contributed by atoms with Gasteiger partial charge in [-0.1, -0.05) is 25.1 Å². The van der Waals surface area contributed by atoms with Gasteiger partial charge in [0.25, 0.3) is 10.0 Å². The lowest BCUT2D eigenvalue weighted by atomic mass is 10.1. The van der Waals surface area contributed by atoms with Gasteiger partial charge in [0.05, 0.1) is 15.7 Å². The van der Waals surface area contributed by atoms with Gasteiger partial charge in [-0.05, 0) is 81.0 Å². The summed E-state index contributed by atoms with van der Waals surface area (Å²) in [4.78, 5) is 25.8. The van der Waals surface area contributed by atoms with E-state index in [4.69, 9.17) is 4.98 Å². The van der Waals surface area contributed by atoms with Crippen LogP contribution in [0.1, 0.15) is 55.1 Å². The van der Waals surface area contributed by atoms with E-state index in [-0.39, 0.29) is 16.8 Å². The first-order valence-electron chi connectivity index (χ1n) is 12.1. The Morgan fingerprint density at radius 2 is 1.89 bits per heavy atom. The number of nitrogens with one attached hydrogen (secondary N) is 2. The predicted octanol–water partition coefficient (Wildman–Crippen LogP) is 4.63. The number of rotatable bonds is 8. The first kappa shape index (κ1) is 26.6. The molecule has 1 amide bonds. The van der Waals surface area contributed by atoms with Crippen molar-refractivity contribution >= 4 is 39.3 Å². The van der Waals surface area contributed by atoms with Crippen LogP contribution >= 0.6 is 11.8 Å². The highest BCUT2D eigenvalue weighted by atomic mass is 32.2. The van der Waals surface area contributed by atoms with E-state index in [1.54, 1.807) is 13.0 Å². The van der Waals surface area contributed by atoms with Crippen molar-refractivity contribution in [3.05, 3.63) is 65.1 Å². The molecule has 0 saturated carbocycles. The van der Waals surface area contributed by atoms with E-state index in [1.807, 2.05) is 13.0 Å². The van der Waals surface area contributed by atoms with Gasteiger partial charge >= 0.3 is 0 Å². The molecule has 1 unspecified atom stereocenters. The van der Waals surface area contributed by atoms with Crippen LogP contribution in [0.4, 0.5) is 11.6 Å². The Labute approximate surface area is 221 Å². The number of carbonyl (C=O) groups is 1. The summed E-state index contributed by atoms with van der Waals surface area (Å²) in [6.45, 7) is 3.64. The summed E-state index contributed by atoms with van der Waals surface area (Å²) in [7, 11) is -3.89. The zero-order valence-corrected chi connectivity index (χ0v) is 22.3. The summed E-state index contributed by atoms with van der Waals surface area (Å²) >= 11 is 1.29. The van der Waals surface area contributed by atoms with Crippen LogP contribution in [0.25, 0.3) is 0 Å². The van der Waals surface area contributed by atoms with E-state index in [9.17, 15) is 18.5 Å². The van der Waals surface area contributed by atoms with Gasteiger partial charge in [-0.15, -0.1) is 0 Å². The quantitative estimate of drug-likeness (QED) is 0.314. The van der Waals surface area contributed by atoms with Crippen LogP contribution in [0.15, 0.2) is 52.5 Å². The predicted molar refractivity (Wildman–Crippen MR) is 143 cm³/mol. The van der Waals surface area contributed by atoms with Crippen molar-refractivity contribution in [2.45, 2.75) is 67.5 Å². The Kier molecular flexibility index (Phi) is 8.41. The van der Waals surface area contributed by atoms with Gasteiger partial charge in [0.1, 0.15) is 11.1 Å². The number of anilines is 2. The molecule has 1 aromatic carbocycles. The molecule has 1 aliphatic rings. The zero-order chi connectivity index (χ0) is 26.4. The van der Waals surface area contributed by atoms with E-state index in [0.717, 1.165) is 43.4 Å². The van der Waals surface area contributed by atoms with Crippen molar-refractivity contribution in [2.75, 3.05) is 10.0 Å². The molecule has 2 N–H and O–H groups in total. The van der Waals surface area contributed by atoms with Gasteiger partial charge in [-0.3, -0.25) is 4.79 Å². The number of amides is 1. The third-order valence-electron chi connectivity index (χ3n) is 6.01. The highest BCUT2D eigenvalue weighted by molar-refractivity contribution is 8.00. The van der Waals surface area contributed by atoms with Crippen molar-refractivity contribution < 1.29 is 13.2 Å². The summed E-state index contributed by atoms with van der Waals surface area (Å²) in [5.74, 6) is -0.252. The Morgan fingerprint density at radius 3 is 2.59 bits per heavy atom.